The molecule has 0 radical (unpaired) electrons. The maximum Gasteiger partial charge on any atom is 0.238 e. The van der Waals surface area contributed by atoms with Gasteiger partial charge in [0.1, 0.15) is 0 Å². The number of hydrogen-bond acceptors (Lipinski definition) is 5. The smallest absolute Gasteiger partial charge is 0.238 e. The number of amides is 2. The monoisotopic (exact) mass is 415 g/mol. The van der Waals surface area contributed by atoms with Crippen LogP contribution in [0.2, 0.25) is 5.02 Å². The second kappa shape index (κ2) is 8.58. The zero-order valence-electron chi connectivity index (χ0n) is 15.8. The van der Waals surface area contributed by atoms with Gasteiger partial charge in [-0.25, -0.2) is 8.42 Å². The highest BCUT2D eigenvalue weighted by Crippen LogP contribution is 2.23. The Bertz CT molecular complexity index is 828. The number of nitrogens with one attached hydrogen (secondary N) is 2. The zero-order chi connectivity index (χ0) is 20.2. The molecular formula is C18H26ClN3O4S. The van der Waals surface area contributed by atoms with Gasteiger partial charge in [0.15, 0.2) is 9.84 Å². The molecule has 7 nitrogen and oxygen atoms in total. The molecule has 0 saturated carbocycles. The second-order valence-electron chi connectivity index (χ2n) is 7.26. The first-order chi connectivity index (χ1) is 12.5. The van der Waals surface area contributed by atoms with Crippen LogP contribution in [0.5, 0.6) is 0 Å². The van der Waals surface area contributed by atoms with Crippen molar-refractivity contribution in [3.05, 3.63) is 28.8 Å². The van der Waals surface area contributed by atoms with Crippen molar-refractivity contribution in [1.29, 1.82) is 0 Å². The number of sulfone groups is 1. The standard InChI is InChI=1S/C18H26ClN3O4S/c1-4-22(10-16(23)20-15-9-14(19)6-5-13(15)2)11-17(24)21-18(3)7-8-27(25,26)12-18/h5-6,9H,4,7-8,10-12H2,1-3H3,(H,20,23)(H,21,24)/t18-/m0/s1. The lowest BCUT2D eigenvalue weighted by Gasteiger charge is -2.26. The van der Waals surface area contributed by atoms with E-state index in [1.165, 1.54) is 0 Å². The van der Waals surface area contributed by atoms with E-state index in [1.54, 1.807) is 24.0 Å². The molecule has 1 aromatic carbocycles. The minimum Gasteiger partial charge on any atom is -0.349 e. The molecule has 27 heavy (non-hydrogen) atoms. The third-order valence-corrected chi connectivity index (χ3v) is 6.74. The number of nitrogens with zero attached hydrogens (tertiary/aromatic N) is 1. The third kappa shape index (κ3) is 6.48. The molecular weight excluding hydrogens is 390 g/mol. The summed E-state index contributed by atoms with van der Waals surface area (Å²) in [6.07, 6.45) is 0.404. The normalized spacial score (nSPS) is 21.2. The van der Waals surface area contributed by atoms with E-state index in [0.29, 0.717) is 23.7 Å². The lowest BCUT2D eigenvalue weighted by Crippen LogP contribution is -2.51. The molecule has 1 aromatic rings. The Kier molecular flexibility index (Phi) is 6.88. The van der Waals surface area contributed by atoms with Crippen molar-refractivity contribution in [1.82, 2.24) is 10.2 Å². The van der Waals surface area contributed by atoms with Gasteiger partial charge < -0.3 is 10.6 Å². The first kappa shape index (κ1) is 21.7. The lowest BCUT2D eigenvalue weighted by molar-refractivity contribution is -0.124. The largest absolute Gasteiger partial charge is 0.349 e. The molecule has 2 amide bonds. The van der Waals surface area contributed by atoms with Crippen LogP contribution in [0.1, 0.15) is 25.8 Å². The van der Waals surface area contributed by atoms with Crippen molar-refractivity contribution >= 4 is 38.9 Å². The number of benzene rings is 1. The van der Waals surface area contributed by atoms with E-state index in [-0.39, 0.29) is 36.4 Å². The van der Waals surface area contributed by atoms with Crippen LogP contribution < -0.4 is 10.6 Å². The quantitative estimate of drug-likeness (QED) is 0.705. The van der Waals surface area contributed by atoms with Crippen LogP contribution in [0.25, 0.3) is 0 Å². The van der Waals surface area contributed by atoms with E-state index in [2.05, 4.69) is 10.6 Å². The number of carbonyl (C=O) groups is 2. The zero-order valence-corrected chi connectivity index (χ0v) is 17.4. The maximum absolute atomic E-state index is 12.3. The van der Waals surface area contributed by atoms with Gasteiger partial charge >= 0.3 is 0 Å². The summed E-state index contributed by atoms with van der Waals surface area (Å²) in [5.74, 6) is -0.498. The van der Waals surface area contributed by atoms with Gasteiger partial charge in [-0.05, 0) is 44.5 Å². The van der Waals surface area contributed by atoms with Gasteiger partial charge in [-0.2, -0.15) is 0 Å². The average molecular weight is 416 g/mol. The van der Waals surface area contributed by atoms with Crippen molar-refractivity contribution < 1.29 is 18.0 Å². The van der Waals surface area contributed by atoms with Crippen LogP contribution in [-0.2, 0) is 19.4 Å². The Morgan fingerprint density at radius 1 is 1.26 bits per heavy atom. The van der Waals surface area contributed by atoms with Gasteiger partial charge in [-0.1, -0.05) is 24.6 Å². The second-order valence-corrected chi connectivity index (χ2v) is 9.88. The highest BCUT2D eigenvalue weighted by molar-refractivity contribution is 7.91. The van der Waals surface area contributed by atoms with Gasteiger partial charge in [0.25, 0.3) is 0 Å². The fourth-order valence-corrected chi connectivity index (χ4v) is 5.35. The van der Waals surface area contributed by atoms with E-state index >= 15 is 0 Å². The summed E-state index contributed by atoms with van der Waals surface area (Å²) in [6, 6.07) is 5.25. The number of carbonyl (C=O) groups excluding carboxylic acids is 2. The number of likely N-dealkylation sites (N-methyl/N-ethyl adjacent to an activating group) is 1. The minimum atomic E-state index is -3.10. The predicted molar refractivity (Wildman–Crippen MR) is 107 cm³/mol. The highest BCUT2D eigenvalue weighted by atomic mass is 35.5. The minimum absolute atomic E-state index is 0.0219. The molecule has 0 aromatic heterocycles. The lowest BCUT2D eigenvalue weighted by atomic mass is 10.0. The summed E-state index contributed by atoms with van der Waals surface area (Å²) >= 11 is 5.96. The van der Waals surface area contributed by atoms with E-state index < -0.39 is 15.4 Å². The van der Waals surface area contributed by atoms with E-state index in [1.807, 2.05) is 19.9 Å². The van der Waals surface area contributed by atoms with Crippen LogP contribution in [0, 0.1) is 6.92 Å². The molecule has 9 heteroatoms. The summed E-state index contributed by atoms with van der Waals surface area (Å²) in [7, 11) is -3.10. The fourth-order valence-electron chi connectivity index (χ4n) is 3.09. The number of rotatable bonds is 7. The Labute approximate surface area is 165 Å². The molecule has 1 aliphatic heterocycles. The highest BCUT2D eigenvalue weighted by Gasteiger charge is 2.39. The molecule has 1 saturated heterocycles. The van der Waals surface area contributed by atoms with Crippen molar-refractivity contribution in [3.8, 4) is 0 Å². The molecule has 0 bridgehead atoms. The molecule has 2 N–H and O–H groups in total. The molecule has 0 unspecified atom stereocenters. The van der Waals surface area contributed by atoms with Crippen LogP contribution >= 0.6 is 11.6 Å². The molecule has 1 heterocycles. The average Bonchev–Trinajstić information content (AvgIpc) is 2.83. The summed E-state index contributed by atoms with van der Waals surface area (Å²) in [5, 5.41) is 6.14. The van der Waals surface area contributed by atoms with Gasteiger partial charge in [0, 0.05) is 10.7 Å². The first-order valence-corrected chi connectivity index (χ1v) is 11.0. The van der Waals surface area contributed by atoms with Crippen LogP contribution in [0.15, 0.2) is 18.2 Å². The summed E-state index contributed by atoms with van der Waals surface area (Å²) < 4.78 is 23.3. The number of aryl methyl sites for hydroxylation is 1. The molecule has 150 valence electrons. The Morgan fingerprint density at radius 2 is 1.93 bits per heavy atom. The predicted octanol–water partition coefficient (Wildman–Crippen LogP) is 1.60. The number of hydrogen-bond donors (Lipinski definition) is 2. The Morgan fingerprint density at radius 3 is 2.52 bits per heavy atom. The molecule has 1 aliphatic rings. The first-order valence-electron chi connectivity index (χ1n) is 8.82. The number of anilines is 1. The van der Waals surface area contributed by atoms with Gasteiger partial charge in [0.2, 0.25) is 11.8 Å². The maximum atomic E-state index is 12.3. The molecule has 1 fully saturated rings. The summed E-state index contributed by atoms with van der Waals surface area (Å²) in [6.45, 7) is 6.03. The Balaban J connectivity index is 1.90. The topological polar surface area (TPSA) is 95.6 Å². The molecule has 0 aliphatic carbocycles. The Hall–Kier alpha value is -1.64. The van der Waals surface area contributed by atoms with Crippen molar-refractivity contribution in [2.75, 3.05) is 36.5 Å². The summed E-state index contributed by atoms with van der Waals surface area (Å²) in [4.78, 5) is 26.3. The van der Waals surface area contributed by atoms with Crippen molar-refractivity contribution in [3.63, 3.8) is 0 Å². The van der Waals surface area contributed by atoms with E-state index in [0.717, 1.165) is 5.56 Å². The molecule has 0 spiro atoms. The SMILES string of the molecule is CCN(CC(=O)Nc1cc(Cl)ccc1C)CC(=O)N[C@@]1(C)CCS(=O)(=O)C1. The molecule has 1 atom stereocenters. The van der Waals surface area contributed by atoms with Crippen LogP contribution in [0.4, 0.5) is 5.69 Å². The molecule has 2 rings (SSSR count). The van der Waals surface area contributed by atoms with Gasteiger partial charge in [-0.3, -0.25) is 14.5 Å². The van der Waals surface area contributed by atoms with Crippen LogP contribution in [0.3, 0.4) is 0 Å². The van der Waals surface area contributed by atoms with Gasteiger partial charge in [0.05, 0.1) is 30.1 Å². The van der Waals surface area contributed by atoms with Gasteiger partial charge in [-0.15, -0.1) is 0 Å². The number of halogens is 1. The van der Waals surface area contributed by atoms with Crippen molar-refractivity contribution in [2.24, 2.45) is 0 Å². The summed E-state index contributed by atoms with van der Waals surface area (Å²) in [5.41, 5.74) is 0.788. The van der Waals surface area contributed by atoms with E-state index in [4.69, 9.17) is 11.6 Å². The van der Waals surface area contributed by atoms with E-state index in [9.17, 15) is 18.0 Å². The fraction of sp³-hybridized carbons (Fsp3) is 0.556. The van der Waals surface area contributed by atoms with Crippen LogP contribution in [-0.4, -0.2) is 61.8 Å². The van der Waals surface area contributed by atoms with Crippen molar-refractivity contribution in [2.45, 2.75) is 32.7 Å². The third-order valence-electron chi connectivity index (χ3n) is 4.60.